The van der Waals surface area contributed by atoms with Gasteiger partial charge in [-0.15, -0.1) is 0 Å². The van der Waals surface area contributed by atoms with E-state index < -0.39 is 0 Å². The summed E-state index contributed by atoms with van der Waals surface area (Å²) in [6.07, 6.45) is 5.63. The average Bonchev–Trinajstić information content (AvgIpc) is 2.79. The zero-order valence-corrected chi connectivity index (χ0v) is 11.2. The predicted octanol–water partition coefficient (Wildman–Crippen LogP) is 4.49. The first-order valence-electron chi connectivity index (χ1n) is 6.54. The van der Waals surface area contributed by atoms with Gasteiger partial charge in [-0.25, -0.2) is 0 Å². The molecular weight excluding hydrogens is 244 g/mol. The lowest BCUT2D eigenvalue weighted by atomic mass is 10.1. The second-order valence-electron chi connectivity index (χ2n) is 5.25. The molecule has 2 unspecified atom stereocenters. The lowest BCUT2D eigenvalue weighted by Crippen LogP contribution is -2.15. The molecule has 0 aliphatic heterocycles. The molecule has 3 heteroatoms. The van der Waals surface area contributed by atoms with Gasteiger partial charge in [0.15, 0.2) is 0 Å². The summed E-state index contributed by atoms with van der Waals surface area (Å²) in [4.78, 5) is 4.46. The number of halogens is 1. The molecule has 1 N–H and O–H groups in total. The van der Waals surface area contributed by atoms with E-state index in [4.69, 9.17) is 11.6 Å². The van der Waals surface area contributed by atoms with Gasteiger partial charge in [0.25, 0.3) is 0 Å². The van der Waals surface area contributed by atoms with E-state index in [1.807, 2.05) is 30.5 Å². The topological polar surface area (TPSA) is 24.9 Å². The molecule has 3 rings (SSSR count). The maximum atomic E-state index is 6.20. The highest BCUT2D eigenvalue weighted by atomic mass is 35.5. The normalized spacial score (nSPS) is 23.4. The number of aromatic nitrogens is 1. The van der Waals surface area contributed by atoms with Crippen LogP contribution in [0.3, 0.4) is 0 Å². The number of fused-ring (bicyclic) bond motifs is 1. The molecule has 0 bridgehead atoms. The lowest BCUT2D eigenvalue weighted by Gasteiger charge is -2.15. The number of hydrogen-bond acceptors (Lipinski definition) is 2. The molecule has 0 saturated heterocycles. The van der Waals surface area contributed by atoms with E-state index in [1.165, 1.54) is 19.3 Å². The maximum Gasteiger partial charge on any atom is 0.0948 e. The van der Waals surface area contributed by atoms with Gasteiger partial charge in [-0.1, -0.05) is 18.5 Å². The number of hydrogen-bond donors (Lipinski definition) is 1. The largest absolute Gasteiger partial charge is 0.381 e. The van der Waals surface area contributed by atoms with Crippen LogP contribution < -0.4 is 5.32 Å². The van der Waals surface area contributed by atoms with Crippen LogP contribution in [0.2, 0.25) is 5.02 Å². The first-order valence-corrected chi connectivity index (χ1v) is 6.91. The van der Waals surface area contributed by atoms with Crippen molar-refractivity contribution >= 4 is 28.2 Å². The van der Waals surface area contributed by atoms with Crippen LogP contribution in [0, 0.1) is 5.92 Å². The van der Waals surface area contributed by atoms with E-state index in [9.17, 15) is 0 Å². The Morgan fingerprint density at radius 2 is 2.17 bits per heavy atom. The molecule has 2 aromatic rings. The second-order valence-corrected chi connectivity index (χ2v) is 5.66. The fourth-order valence-corrected chi connectivity index (χ4v) is 3.03. The molecule has 94 valence electrons. The molecule has 0 amide bonds. The zero-order chi connectivity index (χ0) is 12.5. The second kappa shape index (κ2) is 4.77. The smallest absolute Gasteiger partial charge is 0.0948 e. The van der Waals surface area contributed by atoms with Gasteiger partial charge in [0.1, 0.15) is 0 Å². The Kier molecular flexibility index (Phi) is 3.13. The van der Waals surface area contributed by atoms with Gasteiger partial charge in [0.2, 0.25) is 0 Å². The molecule has 1 saturated carbocycles. The summed E-state index contributed by atoms with van der Waals surface area (Å²) in [5.74, 6) is 0.828. The molecule has 2 nitrogen and oxygen atoms in total. The highest BCUT2D eigenvalue weighted by Gasteiger charge is 2.21. The molecule has 0 spiro atoms. The fourth-order valence-electron chi connectivity index (χ4n) is 2.81. The molecule has 1 heterocycles. The van der Waals surface area contributed by atoms with Gasteiger partial charge in [-0.2, -0.15) is 0 Å². The van der Waals surface area contributed by atoms with Gasteiger partial charge in [0.05, 0.1) is 16.2 Å². The van der Waals surface area contributed by atoms with Crippen LogP contribution in [0.15, 0.2) is 30.5 Å². The Labute approximate surface area is 112 Å². The summed E-state index contributed by atoms with van der Waals surface area (Å²) >= 11 is 6.20. The quantitative estimate of drug-likeness (QED) is 0.861. The molecule has 1 aromatic heterocycles. The summed E-state index contributed by atoms with van der Waals surface area (Å²) in [6.45, 7) is 2.32. The summed E-state index contributed by atoms with van der Waals surface area (Å²) < 4.78 is 0. The third kappa shape index (κ3) is 2.17. The van der Waals surface area contributed by atoms with E-state index in [2.05, 4.69) is 17.2 Å². The Bertz CT molecular complexity index is 567. The molecular formula is C15H17ClN2. The monoisotopic (exact) mass is 260 g/mol. The minimum absolute atomic E-state index is 0.575. The minimum Gasteiger partial charge on any atom is -0.381 e. The third-order valence-corrected chi connectivity index (χ3v) is 4.10. The molecule has 18 heavy (non-hydrogen) atoms. The first-order chi connectivity index (χ1) is 8.74. The van der Waals surface area contributed by atoms with Crippen molar-refractivity contribution in [1.82, 2.24) is 4.98 Å². The Morgan fingerprint density at radius 3 is 2.94 bits per heavy atom. The van der Waals surface area contributed by atoms with Gasteiger partial charge in [-0.3, -0.25) is 4.98 Å². The van der Waals surface area contributed by atoms with Crippen LogP contribution in [0.4, 0.5) is 5.69 Å². The number of benzene rings is 1. The van der Waals surface area contributed by atoms with Gasteiger partial charge in [-0.05, 0) is 49.4 Å². The van der Waals surface area contributed by atoms with E-state index in [1.54, 1.807) is 0 Å². The number of anilines is 1. The summed E-state index contributed by atoms with van der Waals surface area (Å²) in [6, 6.07) is 8.52. The highest BCUT2D eigenvalue weighted by molar-refractivity contribution is 6.35. The molecule has 1 aromatic carbocycles. The van der Waals surface area contributed by atoms with Crippen molar-refractivity contribution in [2.24, 2.45) is 5.92 Å². The highest BCUT2D eigenvalue weighted by Crippen LogP contribution is 2.32. The summed E-state index contributed by atoms with van der Waals surface area (Å²) in [5, 5.41) is 5.41. The van der Waals surface area contributed by atoms with Crippen LogP contribution in [0.25, 0.3) is 10.9 Å². The van der Waals surface area contributed by atoms with E-state index in [0.717, 1.165) is 27.5 Å². The van der Waals surface area contributed by atoms with Crippen LogP contribution in [0.1, 0.15) is 26.2 Å². The van der Waals surface area contributed by atoms with Crippen molar-refractivity contribution in [3.8, 4) is 0 Å². The van der Waals surface area contributed by atoms with Crippen molar-refractivity contribution in [2.75, 3.05) is 5.32 Å². The summed E-state index contributed by atoms with van der Waals surface area (Å²) in [7, 11) is 0. The average molecular weight is 261 g/mol. The Balaban J connectivity index is 1.95. The number of rotatable bonds is 2. The lowest BCUT2D eigenvalue weighted by molar-refractivity contribution is 0.603. The SMILES string of the molecule is CC1CCC(Nc2ccc(Cl)c3cccnc23)C1. The van der Waals surface area contributed by atoms with Crippen molar-refractivity contribution in [3.63, 3.8) is 0 Å². The van der Waals surface area contributed by atoms with Crippen LogP contribution in [-0.4, -0.2) is 11.0 Å². The molecule has 1 aliphatic rings. The molecule has 1 aliphatic carbocycles. The minimum atomic E-state index is 0.575. The van der Waals surface area contributed by atoms with Crippen molar-refractivity contribution in [1.29, 1.82) is 0 Å². The number of nitrogens with zero attached hydrogens (tertiary/aromatic N) is 1. The van der Waals surface area contributed by atoms with E-state index in [-0.39, 0.29) is 0 Å². The Hall–Kier alpha value is -1.28. The standard InChI is InChI=1S/C15H17ClN2/c1-10-4-5-11(9-10)18-14-7-6-13(16)12-3-2-8-17-15(12)14/h2-3,6-8,10-11,18H,4-5,9H2,1H3. The molecule has 0 radical (unpaired) electrons. The van der Waals surface area contributed by atoms with E-state index >= 15 is 0 Å². The molecule has 2 atom stereocenters. The van der Waals surface area contributed by atoms with Crippen molar-refractivity contribution in [3.05, 3.63) is 35.5 Å². The van der Waals surface area contributed by atoms with Crippen LogP contribution in [0.5, 0.6) is 0 Å². The third-order valence-electron chi connectivity index (χ3n) is 3.77. The predicted molar refractivity (Wildman–Crippen MR) is 77.2 cm³/mol. The van der Waals surface area contributed by atoms with Crippen LogP contribution >= 0.6 is 11.6 Å². The number of pyridine rings is 1. The van der Waals surface area contributed by atoms with E-state index in [0.29, 0.717) is 6.04 Å². The fraction of sp³-hybridized carbons (Fsp3) is 0.400. The molecule has 1 fully saturated rings. The van der Waals surface area contributed by atoms with Crippen molar-refractivity contribution in [2.45, 2.75) is 32.2 Å². The zero-order valence-electron chi connectivity index (χ0n) is 10.5. The Morgan fingerprint density at radius 1 is 1.28 bits per heavy atom. The number of nitrogens with one attached hydrogen (secondary N) is 1. The first kappa shape index (κ1) is 11.8. The maximum absolute atomic E-state index is 6.20. The van der Waals surface area contributed by atoms with Crippen LogP contribution in [-0.2, 0) is 0 Å². The van der Waals surface area contributed by atoms with Gasteiger partial charge >= 0.3 is 0 Å². The van der Waals surface area contributed by atoms with Crippen molar-refractivity contribution < 1.29 is 0 Å². The van der Waals surface area contributed by atoms with Gasteiger partial charge in [0, 0.05) is 17.6 Å². The van der Waals surface area contributed by atoms with Gasteiger partial charge < -0.3 is 5.32 Å². The summed E-state index contributed by atoms with van der Waals surface area (Å²) in [5.41, 5.74) is 2.08.